The Morgan fingerprint density at radius 1 is 1.17 bits per heavy atom. The second-order valence-corrected chi connectivity index (χ2v) is 7.87. The number of piperazine rings is 1. The molecule has 29 heavy (non-hydrogen) atoms. The summed E-state index contributed by atoms with van der Waals surface area (Å²) in [7, 11) is 0. The lowest BCUT2D eigenvalue weighted by molar-refractivity contribution is -0.130. The molecule has 1 N–H and O–H groups in total. The van der Waals surface area contributed by atoms with Gasteiger partial charge in [0.05, 0.1) is 12.1 Å². The molecule has 8 heteroatoms. The van der Waals surface area contributed by atoms with E-state index in [4.69, 9.17) is 0 Å². The van der Waals surface area contributed by atoms with Crippen molar-refractivity contribution in [2.75, 3.05) is 36.4 Å². The number of benzene rings is 1. The normalized spacial score (nSPS) is 14.1. The van der Waals surface area contributed by atoms with Crippen molar-refractivity contribution in [2.24, 2.45) is 0 Å². The maximum Gasteiger partial charge on any atom is 0.228 e. The number of rotatable bonds is 5. The minimum Gasteiger partial charge on any atom is -0.368 e. The number of aryl methyl sites for hydroxylation is 1. The second-order valence-electron chi connectivity index (χ2n) is 7.01. The molecule has 0 saturated carbocycles. The third kappa shape index (κ3) is 4.89. The lowest BCUT2D eigenvalue weighted by atomic mass is 10.2. The summed E-state index contributed by atoms with van der Waals surface area (Å²) < 4.78 is 13.1. The van der Waals surface area contributed by atoms with E-state index in [-0.39, 0.29) is 18.1 Å². The topological polar surface area (TPSA) is 61.4 Å². The molecule has 3 aromatic rings. The quantitative estimate of drug-likeness (QED) is 0.695. The van der Waals surface area contributed by atoms with E-state index < -0.39 is 0 Å². The van der Waals surface area contributed by atoms with Crippen molar-refractivity contribution in [3.05, 3.63) is 65.0 Å². The van der Waals surface area contributed by atoms with Gasteiger partial charge in [-0.25, -0.2) is 14.4 Å². The van der Waals surface area contributed by atoms with Gasteiger partial charge in [-0.1, -0.05) is 0 Å². The van der Waals surface area contributed by atoms with Gasteiger partial charge >= 0.3 is 0 Å². The highest BCUT2D eigenvalue weighted by Gasteiger charge is 2.22. The second kappa shape index (κ2) is 8.57. The van der Waals surface area contributed by atoms with Crippen molar-refractivity contribution >= 4 is 33.9 Å². The lowest BCUT2D eigenvalue weighted by Crippen LogP contribution is -2.49. The molecule has 1 amide bonds. The first kappa shape index (κ1) is 19.3. The Labute approximate surface area is 173 Å². The number of amides is 1. The maximum absolute atomic E-state index is 13.1. The Kier molecular flexibility index (Phi) is 5.71. The summed E-state index contributed by atoms with van der Waals surface area (Å²) in [4.78, 5) is 25.5. The summed E-state index contributed by atoms with van der Waals surface area (Å²) in [5, 5.41) is 5.82. The number of anilines is 3. The number of nitrogens with one attached hydrogen (secondary N) is 1. The molecule has 1 aliphatic heterocycles. The molecule has 0 spiro atoms. The van der Waals surface area contributed by atoms with Crippen LogP contribution >= 0.6 is 11.3 Å². The zero-order valence-corrected chi connectivity index (χ0v) is 17.0. The van der Waals surface area contributed by atoms with E-state index in [1.807, 2.05) is 29.3 Å². The molecule has 4 rings (SSSR count). The van der Waals surface area contributed by atoms with Gasteiger partial charge in [0.15, 0.2) is 5.13 Å². The van der Waals surface area contributed by atoms with E-state index in [1.54, 1.807) is 18.3 Å². The smallest absolute Gasteiger partial charge is 0.228 e. The van der Waals surface area contributed by atoms with Gasteiger partial charge in [0.1, 0.15) is 11.6 Å². The molecule has 1 saturated heterocycles. The molecule has 0 unspecified atom stereocenters. The van der Waals surface area contributed by atoms with E-state index in [2.05, 4.69) is 20.2 Å². The predicted octanol–water partition coefficient (Wildman–Crippen LogP) is 3.62. The number of carbonyl (C=O) groups is 1. The first-order valence-corrected chi connectivity index (χ1v) is 10.4. The van der Waals surface area contributed by atoms with Crippen molar-refractivity contribution in [1.82, 2.24) is 14.9 Å². The van der Waals surface area contributed by atoms with E-state index >= 15 is 0 Å². The van der Waals surface area contributed by atoms with Crippen LogP contribution in [0.5, 0.6) is 0 Å². The number of pyridine rings is 1. The van der Waals surface area contributed by atoms with Crippen LogP contribution in [0.25, 0.3) is 0 Å². The van der Waals surface area contributed by atoms with E-state index in [0.717, 1.165) is 41.0 Å². The SMILES string of the molecule is Cc1ccnc(Nc2nc(CC(=O)N3CCN(c4ccc(F)cc4)CC3)cs2)c1. The molecule has 2 aromatic heterocycles. The zero-order valence-electron chi connectivity index (χ0n) is 16.1. The van der Waals surface area contributed by atoms with Crippen LogP contribution in [-0.2, 0) is 11.2 Å². The van der Waals surface area contributed by atoms with Gasteiger partial charge in [0.2, 0.25) is 5.91 Å². The highest BCUT2D eigenvalue weighted by Crippen LogP contribution is 2.21. The summed E-state index contributed by atoms with van der Waals surface area (Å²) in [5.41, 5.74) is 2.86. The zero-order chi connectivity index (χ0) is 20.2. The van der Waals surface area contributed by atoms with Gasteiger partial charge in [-0.3, -0.25) is 4.79 Å². The monoisotopic (exact) mass is 411 g/mol. The van der Waals surface area contributed by atoms with Crippen molar-refractivity contribution in [3.63, 3.8) is 0 Å². The largest absolute Gasteiger partial charge is 0.368 e. The molecule has 0 bridgehead atoms. The number of hydrogen-bond acceptors (Lipinski definition) is 6. The highest BCUT2D eigenvalue weighted by molar-refractivity contribution is 7.13. The van der Waals surface area contributed by atoms with Gasteiger partial charge in [-0.15, -0.1) is 11.3 Å². The van der Waals surface area contributed by atoms with Crippen LogP contribution in [0.3, 0.4) is 0 Å². The van der Waals surface area contributed by atoms with Crippen molar-refractivity contribution in [1.29, 1.82) is 0 Å². The number of carbonyl (C=O) groups excluding carboxylic acids is 1. The molecule has 0 atom stereocenters. The minimum absolute atomic E-state index is 0.0780. The Bertz CT molecular complexity index is 983. The highest BCUT2D eigenvalue weighted by atomic mass is 32.1. The summed E-state index contributed by atoms with van der Waals surface area (Å²) in [6, 6.07) is 10.4. The third-order valence-corrected chi connectivity index (χ3v) is 5.67. The molecule has 3 heterocycles. The van der Waals surface area contributed by atoms with Crippen LogP contribution in [-0.4, -0.2) is 47.0 Å². The first-order valence-electron chi connectivity index (χ1n) is 9.49. The molecule has 1 aliphatic rings. The Morgan fingerprint density at radius 2 is 1.93 bits per heavy atom. The lowest BCUT2D eigenvalue weighted by Gasteiger charge is -2.36. The summed E-state index contributed by atoms with van der Waals surface area (Å²) >= 11 is 1.47. The van der Waals surface area contributed by atoms with Crippen LogP contribution in [0, 0.1) is 12.7 Å². The molecular weight excluding hydrogens is 389 g/mol. The average molecular weight is 412 g/mol. The van der Waals surface area contributed by atoms with E-state index in [9.17, 15) is 9.18 Å². The molecule has 0 radical (unpaired) electrons. The summed E-state index contributed by atoms with van der Waals surface area (Å²) in [6.07, 6.45) is 2.04. The fourth-order valence-corrected chi connectivity index (χ4v) is 4.01. The Balaban J connectivity index is 1.30. The number of aromatic nitrogens is 2. The third-order valence-electron chi connectivity index (χ3n) is 4.86. The average Bonchev–Trinajstić information content (AvgIpc) is 3.15. The van der Waals surface area contributed by atoms with E-state index in [0.29, 0.717) is 13.1 Å². The predicted molar refractivity (Wildman–Crippen MR) is 113 cm³/mol. The maximum atomic E-state index is 13.1. The van der Waals surface area contributed by atoms with Crippen molar-refractivity contribution in [3.8, 4) is 0 Å². The van der Waals surface area contributed by atoms with Crippen LogP contribution in [0.2, 0.25) is 0 Å². The van der Waals surface area contributed by atoms with Crippen molar-refractivity contribution in [2.45, 2.75) is 13.3 Å². The minimum atomic E-state index is -0.238. The number of nitrogens with zero attached hydrogens (tertiary/aromatic N) is 4. The fraction of sp³-hybridized carbons (Fsp3) is 0.286. The van der Waals surface area contributed by atoms with Gasteiger partial charge in [0.25, 0.3) is 0 Å². The molecule has 0 aliphatic carbocycles. The van der Waals surface area contributed by atoms with Crippen LogP contribution in [0.1, 0.15) is 11.3 Å². The number of hydrogen-bond donors (Lipinski definition) is 1. The first-order chi connectivity index (χ1) is 14.1. The molecule has 150 valence electrons. The number of thiazole rings is 1. The summed E-state index contributed by atoms with van der Waals surface area (Å²) in [6.45, 7) is 4.78. The van der Waals surface area contributed by atoms with Crippen LogP contribution in [0.4, 0.5) is 21.0 Å². The fourth-order valence-electron chi connectivity index (χ4n) is 3.29. The van der Waals surface area contributed by atoms with Gasteiger partial charge in [0, 0.05) is 43.4 Å². The molecular formula is C21H22FN5OS. The standard InChI is InChI=1S/C21H22FN5OS/c1-15-6-7-23-19(12-15)25-21-24-17(14-29-21)13-20(28)27-10-8-26(9-11-27)18-4-2-16(22)3-5-18/h2-7,12,14H,8-11,13H2,1H3,(H,23,24,25). The Hall–Kier alpha value is -3.00. The summed E-state index contributed by atoms with van der Waals surface area (Å²) in [5.74, 6) is 0.585. The molecule has 1 fully saturated rings. The van der Waals surface area contributed by atoms with Crippen LogP contribution in [0.15, 0.2) is 48.0 Å². The number of halogens is 1. The molecule has 6 nitrogen and oxygen atoms in total. The van der Waals surface area contributed by atoms with Crippen LogP contribution < -0.4 is 10.2 Å². The Morgan fingerprint density at radius 3 is 2.66 bits per heavy atom. The molecule has 1 aromatic carbocycles. The van der Waals surface area contributed by atoms with Gasteiger partial charge in [-0.2, -0.15) is 0 Å². The van der Waals surface area contributed by atoms with Gasteiger partial charge < -0.3 is 15.1 Å². The van der Waals surface area contributed by atoms with Crippen molar-refractivity contribution < 1.29 is 9.18 Å². The van der Waals surface area contributed by atoms with Gasteiger partial charge in [-0.05, 0) is 48.9 Å². The van der Waals surface area contributed by atoms with E-state index in [1.165, 1.54) is 23.5 Å².